The summed E-state index contributed by atoms with van der Waals surface area (Å²) >= 11 is 0. The first-order valence-electron chi connectivity index (χ1n) is 9.29. The van der Waals surface area contributed by atoms with Crippen LogP contribution >= 0.6 is 0 Å². The van der Waals surface area contributed by atoms with Crippen molar-refractivity contribution in [2.75, 3.05) is 0 Å². The molecule has 0 saturated heterocycles. The van der Waals surface area contributed by atoms with Gasteiger partial charge in [0.2, 0.25) is 0 Å². The molecule has 1 heterocycles. The van der Waals surface area contributed by atoms with E-state index in [2.05, 4.69) is 21.9 Å². The van der Waals surface area contributed by atoms with E-state index < -0.39 is 11.5 Å². The number of aliphatic imine (C=N–C) groups is 1. The zero-order valence-electron chi connectivity index (χ0n) is 17.0. The van der Waals surface area contributed by atoms with E-state index in [9.17, 15) is 9.90 Å². The van der Waals surface area contributed by atoms with Crippen LogP contribution in [0.3, 0.4) is 0 Å². The molecular formula is C22H28N5O2+. The van der Waals surface area contributed by atoms with Gasteiger partial charge in [0.05, 0.1) is 18.3 Å². The van der Waals surface area contributed by atoms with Crippen LogP contribution < -0.4 is 16.5 Å². The summed E-state index contributed by atoms with van der Waals surface area (Å²) in [5.41, 5.74) is 7.22. The van der Waals surface area contributed by atoms with E-state index in [0.29, 0.717) is 5.71 Å². The minimum Gasteiger partial charge on any atom is -0.390 e. The summed E-state index contributed by atoms with van der Waals surface area (Å²) < 4.78 is 0. The Hall–Kier alpha value is -3.32. The average molecular weight is 394 g/mol. The van der Waals surface area contributed by atoms with Gasteiger partial charge in [-0.15, -0.1) is 0 Å². The molecule has 1 aromatic carbocycles. The summed E-state index contributed by atoms with van der Waals surface area (Å²) in [5.74, 6) is -0.457. The number of pyridine rings is 1. The van der Waals surface area contributed by atoms with Gasteiger partial charge in [-0.25, -0.2) is 4.99 Å². The van der Waals surface area contributed by atoms with E-state index in [1.807, 2.05) is 38.1 Å². The molecule has 0 bridgehead atoms. The molecule has 1 atom stereocenters. The lowest BCUT2D eigenvalue weighted by molar-refractivity contribution is -0.142. The Bertz CT molecular complexity index is 990. The Morgan fingerprint density at radius 2 is 2.10 bits per heavy atom. The highest BCUT2D eigenvalue weighted by molar-refractivity contribution is 6.02. The normalized spacial score (nSPS) is 14.2. The van der Waals surface area contributed by atoms with Gasteiger partial charge in [0.1, 0.15) is 5.60 Å². The summed E-state index contributed by atoms with van der Waals surface area (Å²) in [7, 11) is 0. The van der Waals surface area contributed by atoms with Crippen LogP contribution in [0.5, 0.6) is 0 Å². The number of nitrogens with zero attached hydrogens (tertiary/aromatic N) is 2. The average Bonchev–Trinajstić information content (AvgIpc) is 2.67. The van der Waals surface area contributed by atoms with Crippen molar-refractivity contribution in [1.29, 1.82) is 0 Å². The molecule has 29 heavy (non-hydrogen) atoms. The second-order valence-corrected chi connectivity index (χ2v) is 7.32. The predicted octanol–water partition coefficient (Wildman–Crippen LogP) is 0.963. The lowest BCUT2D eigenvalue weighted by Crippen LogP contribution is -2.52. The number of amides is 1. The molecule has 0 aliphatic rings. The van der Waals surface area contributed by atoms with Crippen LogP contribution in [0.2, 0.25) is 0 Å². The van der Waals surface area contributed by atoms with E-state index in [0.717, 1.165) is 27.6 Å². The molecule has 0 aliphatic heterocycles. The van der Waals surface area contributed by atoms with Gasteiger partial charge in [0.25, 0.3) is 5.91 Å². The van der Waals surface area contributed by atoms with Crippen LogP contribution in [-0.2, 0) is 4.79 Å². The number of fused-ring (bicyclic) bond motifs is 1. The van der Waals surface area contributed by atoms with Gasteiger partial charge in [0, 0.05) is 40.5 Å². The smallest absolute Gasteiger partial charge is 0.252 e. The fourth-order valence-corrected chi connectivity index (χ4v) is 2.83. The number of nitrogens with two attached hydrogens (primary N) is 2. The lowest BCUT2D eigenvalue weighted by atomic mass is 9.93. The molecular weight excluding hydrogens is 366 g/mol. The van der Waals surface area contributed by atoms with Crippen molar-refractivity contribution in [2.45, 2.75) is 38.8 Å². The van der Waals surface area contributed by atoms with Crippen molar-refractivity contribution in [3.8, 4) is 0 Å². The number of hydrogen-bond donors (Lipinski definition) is 4. The molecule has 7 heteroatoms. The fraction of sp³-hybridized carbons (Fsp3) is 0.273. The van der Waals surface area contributed by atoms with Crippen LogP contribution in [0.15, 0.2) is 54.3 Å². The maximum Gasteiger partial charge on any atom is 0.252 e. The predicted molar refractivity (Wildman–Crippen MR) is 117 cm³/mol. The standard InChI is InChI=1S/C22H27N5O2/c1-5-15(11-25-13-23)18-9-17-8-16(6-7-20(17)26-12-18)19(24)10-22(4,29)21(28)27-14(2)3/h5-9,11-14,24,29H,1,10H2,2-4H3,(H2,23,25)(H,27,28)/p+1/b15-11+,24-19?. The highest BCUT2D eigenvalue weighted by atomic mass is 16.3. The van der Waals surface area contributed by atoms with Gasteiger partial charge in [0.15, 0.2) is 5.71 Å². The van der Waals surface area contributed by atoms with Gasteiger partial charge < -0.3 is 16.2 Å². The Morgan fingerprint density at radius 1 is 1.41 bits per heavy atom. The Morgan fingerprint density at radius 3 is 2.72 bits per heavy atom. The molecule has 2 aromatic rings. The molecule has 0 saturated carbocycles. The molecule has 152 valence electrons. The Balaban J connectivity index is 2.33. The molecule has 7 nitrogen and oxygen atoms in total. The topological polar surface area (TPSA) is 126 Å². The zero-order chi connectivity index (χ0) is 21.6. The zero-order valence-corrected chi connectivity index (χ0v) is 17.0. The van der Waals surface area contributed by atoms with Crippen molar-refractivity contribution in [3.63, 3.8) is 0 Å². The number of rotatable bonds is 8. The highest BCUT2D eigenvalue weighted by Gasteiger charge is 2.34. The molecule has 0 aliphatic carbocycles. The number of nitrogens with one attached hydrogen (secondary N) is 1. The summed E-state index contributed by atoms with van der Waals surface area (Å²) in [6.07, 6.45) is 6.21. The van der Waals surface area contributed by atoms with Crippen LogP contribution in [-0.4, -0.2) is 39.7 Å². The third-order valence-electron chi connectivity index (χ3n) is 4.35. The molecule has 6 N–H and O–H groups in total. The number of aliphatic hydroxyl groups is 1. The summed E-state index contributed by atoms with van der Waals surface area (Å²) in [6.45, 7) is 8.91. The van der Waals surface area contributed by atoms with Crippen molar-refractivity contribution in [2.24, 2.45) is 10.7 Å². The van der Waals surface area contributed by atoms with Gasteiger partial charge in [-0.3, -0.25) is 15.2 Å². The molecule has 2 rings (SSSR count). The molecule has 0 fully saturated rings. The van der Waals surface area contributed by atoms with E-state index in [-0.39, 0.29) is 12.5 Å². The highest BCUT2D eigenvalue weighted by Crippen LogP contribution is 2.22. The summed E-state index contributed by atoms with van der Waals surface area (Å²) in [5, 5.41) is 20.3. The maximum atomic E-state index is 12.2. The second kappa shape index (κ2) is 9.25. The van der Waals surface area contributed by atoms with Crippen LogP contribution in [0.4, 0.5) is 0 Å². The van der Waals surface area contributed by atoms with Crippen molar-refractivity contribution in [1.82, 2.24) is 10.3 Å². The van der Waals surface area contributed by atoms with E-state index >= 15 is 0 Å². The number of allylic oxidation sites excluding steroid dienone is 2. The first-order chi connectivity index (χ1) is 13.7. The lowest BCUT2D eigenvalue weighted by Gasteiger charge is -2.22. The SMILES string of the molecule is C=C/C(=C\N=CN)c1cnc2ccc(C(=[NH2+])CC(C)(O)C(=O)NC(C)C)cc2c1. The minimum atomic E-state index is -1.61. The molecule has 1 aromatic heterocycles. The fourth-order valence-electron chi connectivity index (χ4n) is 2.83. The van der Waals surface area contributed by atoms with Crippen LogP contribution in [0, 0.1) is 0 Å². The van der Waals surface area contributed by atoms with Gasteiger partial charge in [-0.1, -0.05) is 12.7 Å². The Kier molecular flexibility index (Phi) is 7.01. The first kappa shape index (κ1) is 22.0. The number of hydrogen-bond acceptors (Lipinski definition) is 4. The van der Waals surface area contributed by atoms with Crippen molar-refractivity contribution in [3.05, 3.63) is 60.4 Å². The monoisotopic (exact) mass is 394 g/mol. The number of carbonyl (C=O) groups is 1. The minimum absolute atomic E-state index is 0.00715. The largest absolute Gasteiger partial charge is 0.390 e. The van der Waals surface area contributed by atoms with E-state index in [4.69, 9.17) is 11.1 Å². The van der Waals surface area contributed by atoms with Crippen molar-refractivity contribution < 1.29 is 15.3 Å². The third kappa shape index (κ3) is 5.58. The van der Waals surface area contributed by atoms with Gasteiger partial charge in [-0.05, 0) is 45.0 Å². The van der Waals surface area contributed by atoms with Crippen molar-refractivity contribution >= 4 is 34.4 Å². The maximum absolute atomic E-state index is 12.2. The quantitative estimate of drug-likeness (QED) is 0.302. The molecule has 0 spiro atoms. The molecule has 1 amide bonds. The van der Waals surface area contributed by atoms with Crippen LogP contribution in [0.25, 0.3) is 16.5 Å². The summed E-state index contributed by atoms with van der Waals surface area (Å²) in [6, 6.07) is 7.42. The molecule has 1 unspecified atom stereocenters. The van der Waals surface area contributed by atoms with Crippen LogP contribution in [0.1, 0.15) is 38.3 Å². The molecule has 0 radical (unpaired) electrons. The number of benzene rings is 1. The Labute approximate surface area is 170 Å². The third-order valence-corrected chi connectivity index (χ3v) is 4.35. The second-order valence-electron chi connectivity index (χ2n) is 7.32. The number of carbonyl (C=O) groups excluding carboxylic acids is 1. The first-order valence-corrected chi connectivity index (χ1v) is 9.29. The van der Waals surface area contributed by atoms with E-state index in [1.165, 1.54) is 13.3 Å². The van der Waals surface area contributed by atoms with Gasteiger partial charge >= 0.3 is 0 Å². The summed E-state index contributed by atoms with van der Waals surface area (Å²) in [4.78, 5) is 20.6. The van der Waals surface area contributed by atoms with Gasteiger partial charge in [-0.2, -0.15) is 0 Å². The van der Waals surface area contributed by atoms with E-state index in [1.54, 1.807) is 18.5 Å². The number of aromatic nitrogens is 1.